The highest BCUT2D eigenvalue weighted by Gasteiger charge is 2.28. The third-order valence-corrected chi connectivity index (χ3v) is 4.86. The molecule has 0 unspecified atom stereocenters. The zero-order valence-electron chi connectivity index (χ0n) is 14.7. The Balaban J connectivity index is 1.57. The van der Waals surface area contributed by atoms with Crippen LogP contribution >= 0.6 is 0 Å². The first kappa shape index (κ1) is 16.6. The van der Waals surface area contributed by atoms with E-state index in [1.165, 1.54) is 0 Å². The number of hydrogen-bond acceptors (Lipinski definition) is 3. The fourth-order valence-corrected chi connectivity index (χ4v) is 3.31. The summed E-state index contributed by atoms with van der Waals surface area (Å²) in [5.74, 6) is 0.148. The largest absolute Gasteiger partial charge is 0.370 e. The van der Waals surface area contributed by atoms with Gasteiger partial charge >= 0.3 is 0 Å². The maximum Gasteiger partial charge on any atom is 0.247 e. The van der Waals surface area contributed by atoms with E-state index < -0.39 is 6.04 Å². The number of rotatable bonds is 6. The summed E-state index contributed by atoms with van der Waals surface area (Å²) in [7, 11) is 0. The van der Waals surface area contributed by atoms with Gasteiger partial charge in [-0.15, -0.1) is 0 Å². The second kappa shape index (κ2) is 7.20. The first-order chi connectivity index (χ1) is 12.7. The number of amides is 2. The van der Waals surface area contributed by atoms with Gasteiger partial charge in [0.15, 0.2) is 0 Å². The minimum atomic E-state index is -0.457. The molecule has 0 aromatic heterocycles. The van der Waals surface area contributed by atoms with E-state index in [1.54, 1.807) is 0 Å². The lowest BCUT2D eigenvalue weighted by atomic mass is 10.1. The lowest BCUT2D eigenvalue weighted by Crippen LogP contribution is -2.34. The molecule has 1 atom stereocenters. The molecule has 2 N–H and O–H groups in total. The highest BCUT2D eigenvalue weighted by molar-refractivity contribution is 5.96. The monoisotopic (exact) mass is 349 g/mol. The van der Waals surface area contributed by atoms with Crippen LogP contribution < -0.4 is 15.5 Å². The van der Waals surface area contributed by atoms with E-state index in [0.717, 1.165) is 42.7 Å². The molecule has 2 aromatic carbocycles. The van der Waals surface area contributed by atoms with Crippen LogP contribution in [0, 0.1) is 0 Å². The summed E-state index contributed by atoms with van der Waals surface area (Å²) >= 11 is 0. The van der Waals surface area contributed by atoms with Crippen molar-refractivity contribution in [2.24, 2.45) is 0 Å². The van der Waals surface area contributed by atoms with Gasteiger partial charge in [-0.05, 0) is 43.0 Å². The molecule has 2 fully saturated rings. The van der Waals surface area contributed by atoms with Crippen molar-refractivity contribution in [3.63, 3.8) is 0 Å². The molecule has 1 heterocycles. The minimum Gasteiger partial charge on any atom is -0.370 e. The van der Waals surface area contributed by atoms with Crippen LogP contribution in [-0.4, -0.2) is 24.4 Å². The van der Waals surface area contributed by atoms with Crippen LogP contribution in [0.2, 0.25) is 0 Å². The maximum absolute atomic E-state index is 12.8. The fourth-order valence-electron chi connectivity index (χ4n) is 3.31. The van der Waals surface area contributed by atoms with Crippen LogP contribution in [0.4, 0.5) is 11.4 Å². The smallest absolute Gasteiger partial charge is 0.247 e. The van der Waals surface area contributed by atoms with E-state index in [0.29, 0.717) is 12.5 Å². The Labute approximate surface area is 153 Å². The quantitative estimate of drug-likeness (QED) is 0.842. The van der Waals surface area contributed by atoms with Crippen molar-refractivity contribution < 1.29 is 9.59 Å². The zero-order chi connectivity index (χ0) is 17.9. The molecule has 1 aliphatic heterocycles. The molecular formula is C21H23N3O2. The molecule has 26 heavy (non-hydrogen) atoms. The number of hydrogen-bond donors (Lipinski definition) is 2. The van der Waals surface area contributed by atoms with Crippen molar-refractivity contribution in [3.8, 4) is 0 Å². The van der Waals surface area contributed by atoms with Crippen LogP contribution in [-0.2, 0) is 9.59 Å². The summed E-state index contributed by atoms with van der Waals surface area (Å²) in [5.41, 5.74) is 2.64. The SMILES string of the molecule is O=C(NC1CC1)[C@@H](Nc1cccc(N2CCCC2=O)c1)c1ccccc1. The van der Waals surface area contributed by atoms with Crippen molar-refractivity contribution in [2.45, 2.75) is 37.8 Å². The summed E-state index contributed by atoms with van der Waals surface area (Å²) in [4.78, 5) is 26.6. The van der Waals surface area contributed by atoms with E-state index in [2.05, 4.69) is 10.6 Å². The molecule has 0 radical (unpaired) electrons. The molecule has 5 nitrogen and oxygen atoms in total. The zero-order valence-corrected chi connectivity index (χ0v) is 14.7. The minimum absolute atomic E-state index is 0.0126. The third kappa shape index (κ3) is 3.72. The van der Waals surface area contributed by atoms with E-state index in [4.69, 9.17) is 0 Å². The Morgan fingerprint density at radius 1 is 1.08 bits per heavy atom. The number of carbonyl (C=O) groups is 2. The number of nitrogens with one attached hydrogen (secondary N) is 2. The molecule has 0 spiro atoms. The van der Waals surface area contributed by atoms with Gasteiger partial charge in [0.2, 0.25) is 11.8 Å². The Morgan fingerprint density at radius 3 is 2.58 bits per heavy atom. The van der Waals surface area contributed by atoms with Crippen molar-refractivity contribution in [3.05, 3.63) is 60.2 Å². The van der Waals surface area contributed by atoms with Gasteiger partial charge in [-0.1, -0.05) is 36.4 Å². The van der Waals surface area contributed by atoms with E-state index in [-0.39, 0.29) is 11.8 Å². The molecule has 134 valence electrons. The molecule has 2 aromatic rings. The molecule has 2 aliphatic rings. The number of anilines is 2. The Morgan fingerprint density at radius 2 is 1.88 bits per heavy atom. The standard InChI is InChI=1S/C21H23N3O2/c25-19-10-5-13-24(19)18-9-4-8-17(14-18)22-20(15-6-2-1-3-7-15)21(26)23-16-11-12-16/h1-4,6-9,14,16,20,22H,5,10-13H2,(H,23,26)/t20-/m0/s1. The van der Waals surface area contributed by atoms with E-state index >= 15 is 0 Å². The molecule has 1 aliphatic carbocycles. The first-order valence-electron chi connectivity index (χ1n) is 9.23. The second-order valence-electron chi connectivity index (χ2n) is 6.97. The number of carbonyl (C=O) groups excluding carboxylic acids is 2. The lowest BCUT2D eigenvalue weighted by molar-refractivity contribution is -0.122. The highest BCUT2D eigenvalue weighted by atomic mass is 16.2. The van der Waals surface area contributed by atoms with Gasteiger partial charge in [0.25, 0.3) is 0 Å². The van der Waals surface area contributed by atoms with Crippen molar-refractivity contribution >= 4 is 23.2 Å². The van der Waals surface area contributed by atoms with Crippen LogP contribution in [0.1, 0.15) is 37.3 Å². The normalized spacial score (nSPS) is 17.8. The van der Waals surface area contributed by atoms with Gasteiger partial charge in [0.05, 0.1) is 0 Å². The fraction of sp³-hybridized carbons (Fsp3) is 0.333. The van der Waals surface area contributed by atoms with Gasteiger partial charge in [-0.3, -0.25) is 9.59 Å². The van der Waals surface area contributed by atoms with Crippen LogP contribution in [0.25, 0.3) is 0 Å². The van der Waals surface area contributed by atoms with Gasteiger partial charge < -0.3 is 15.5 Å². The molecular weight excluding hydrogens is 326 g/mol. The van der Waals surface area contributed by atoms with Crippen LogP contribution in [0.5, 0.6) is 0 Å². The van der Waals surface area contributed by atoms with Crippen LogP contribution in [0.3, 0.4) is 0 Å². The number of nitrogens with zero attached hydrogens (tertiary/aromatic N) is 1. The average Bonchev–Trinajstić information content (AvgIpc) is 3.38. The summed E-state index contributed by atoms with van der Waals surface area (Å²) in [6.07, 6.45) is 3.61. The predicted molar refractivity (Wildman–Crippen MR) is 102 cm³/mol. The summed E-state index contributed by atoms with van der Waals surface area (Å²) in [6, 6.07) is 17.3. The third-order valence-electron chi connectivity index (χ3n) is 4.86. The van der Waals surface area contributed by atoms with Gasteiger partial charge in [-0.2, -0.15) is 0 Å². The van der Waals surface area contributed by atoms with Crippen molar-refractivity contribution in [1.29, 1.82) is 0 Å². The average molecular weight is 349 g/mol. The Hall–Kier alpha value is -2.82. The summed E-state index contributed by atoms with van der Waals surface area (Å²) in [5, 5.41) is 6.44. The van der Waals surface area contributed by atoms with E-state index in [1.807, 2.05) is 59.5 Å². The topological polar surface area (TPSA) is 61.4 Å². The van der Waals surface area contributed by atoms with Crippen molar-refractivity contribution in [1.82, 2.24) is 5.32 Å². The molecule has 1 saturated heterocycles. The van der Waals surface area contributed by atoms with E-state index in [9.17, 15) is 9.59 Å². The maximum atomic E-state index is 12.8. The molecule has 0 bridgehead atoms. The molecule has 5 heteroatoms. The molecule has 2 amide bonds. The molecule has 4 rings (SSSR count). The molecule has 1 saturated carbocycles. The highest BCUT2D eigenvalue weighted by Crippen LogP contribution is 2.28. The van der Waals surface area contributed by atoms with Crippen LogP contribution in [0.15, 0.2) is 54.6 Å². The predicted octanol–water partition coefficient (Wildman–Crippen LogP) is 3.25. The Kier molecular flexibility index (Phi) is 4.61. The second-order valence-corrected chi connectivity index (χ2v) is 6.97. The summed E-state index contributed by atoms with van der Waals surface area (Å²) in [6.45, 7) is 0.757. The lowest BCUT2D eigenvalue weighted by Gasteiger charge is -2.22. The first-order valence-corrected chi connectivity index (χ1v) is 9.23. The van der Waals surface area contributed by atoms with Gasteiger partial charge in [-0.25, -0.2) is 0 Å². The van der Waals surface area contributed by atoms with Gasteiger partial charge in [0.1, 0.15) is 6.04 Å². The number of benzene rings is 2. The van der Waals surface area contributed by atoms with Gasteiger partial charge in [0, 0.05) is 30.4 Å². The Bertz CT molecular complexity index is 802. The summed E-state index contributed by atoms with van der Waals surface area (Å²) < 4.78 is 0. The van der Waals surface area contributed by atoms with Crippen molar-refractivity contribution in [2.75, 3.05) is 16.8 Å².